The number of rotatable bonds is 3. The molecule has 0 N–H and O–H groups in total. The molecule has 1 aromatic rings. The van der Waals surface area contributed by atoms with Gasteiger partial charge in [0.1, 0.15) is 0 Å². The van der Waals surface area contributed by atoms with Crippen LogP contribution in [0.25, 0.3) is 0 Å². The van der Waals surface area contributed by atoms with Crippen molar-refractivity contribution in [3.05, 3.63) is 35.9 Å². The summed E-state index contributed by atoms with van der Waals surface area (Å²) in [6, 6.07) is 10.4. The van der Waals surface area contributed by atoms with Crippen molar-refractivity contribution >= 4 is 22.5 Å². The highest BCUT2D eigenvalue weighted by Gasteiger charge is 2.00. The van der Waals surface area contributed by atoms with Crippen molar-refractivity contribution in [2.45, 2.75) is 18.6 Å². The number of hydrogen-bond donors (Lipinski definition) is 0. The van der Waals surface area contributed by atoms with Crippen LogP contribution in [-0.2, 0) is 6.42 Å². The van der Waals surface area contributed by atoms with Gasteiger partial charge in [-0.15, -0.1) is 0 Å². The zero-order valence-corrected chi connectivity index (χ0v) is 8.12. The van der Waals surface area contributed by atoms with Crippen LogP contribution >= 0.6 is 22.5 Å². The van der Waals surface area contributed by atoms with E-state index in [0.29, 0.717) is 5.25 Å². The second-order valence-corrected chi connectivity index (χ2v) is 4.17. The van der Waals surface area contributed by atoms with Crippen molar-refractivity contribution in [1.29, 1.82) is 0 Å². The van der Waals surface area contributed by atoms with Gasteiger partial charge in [0, 0.05) is 5.25 Å². The molecule has 0 nitrogen and oxygen atoms in total. The molecule has 0 bridgehead atoms. The first kappa shape index (κ1) is 9.01. The molecule has 0 aliphatic rings. The summed E-state index contributed by atoms with van der Waals surface area (Å²) in [6.07, 6.45) is 1.08. The van der Waals surface area contributed by atoms with Gasteiger partial charge in [0.2, 0.25) is 0 Å². The summed E-state index contributed by atoms with van der Waals surface area (Å²) in [5, 5.41) is 0.549. The fraction of sp³-hybridized carbons (Fsp3) is 0.333. The van der Waals surface area contributed by atoms with Gasteiger partial charge in [-0.25, -0.2) is 0 Å². The van der Waals surface area contributed by atoms with E-state index < -0.39 is 0 Å². The van der Waals surface area contributed by atoms with Crippen molar-refractivity contribution in [3.63, 3.8) is 0 Å². The monoisotopic (exact) mass is 183 g/mol. The van der Waals surface area contributed by atoms with Gasteiger partial charge in [-0.3, -0.25) is 0 Å². The number of benzene rings is 1. The van der Waals surface area contributed by atoms with Gasteiger partial charge >= 0.3 is 0 Å². The molecule has 0 fully saturated rings. The van der Waals surface area contributed by atoms with Crippen molar-refractivity contribution in [2.75, 3.05) is 0 Å². The van der Waals surface area contributed by atoms with Crippen LogP contribution in [0.2, 0.25) is 0 Å². The molecule has 0 saturated heterocycles. The molecule has 0 heterocycles. The Hall–Kier alpha value is -0.0800. The van der Waals surface area contributed by atoms with Crippen LogP contribution in [0.5, 0.6) is 0 Å². The first-order chi connectivity index (χ1) is 5.33. The third kappa shape index (κ3) is 3.21. The molecular formula is C9H11S2. The fourth-order valence-corrected chi connectivity index (χ4v) is 1.44. The molecule has 0 spiro atoms. The van der Waals surface area contributed by atoms with Gasteiger partial charge in [-0.2, -0.15) is 0 Å². The predicted octanol–water partition coefficient (Wildman–Crippen LogP) is 3.46. The molecule has 0 aliphatic carbocycles. The van der Waals surface area contributed by atoms with E-state index in [1.165, 1.54) is 16.4 Å². The Balaban J connectivity index is 2.51. The quantitative estimate of drug-likeness (QED) is 0.647. The molecule has 1 unspecified atom stereocenters. The standard InChI is InChI=1S/C9H11S2/c1-8(11-10)7-9-5-3-2-4-6-9/h2-6,8H,7H2,1H3. The predicted molar refractivity (Wildman–Crippen MR) is 54.8 cm³/mol. The lowest BCUT2D eigenvalue weighted by atomic mass is 10.1. The van der Waals surface area contributed by atoms with Crippen LogP contribution in [0.4, 0.5) is 0 Å². The van der Waals surface area contributed by atoms with Crippen LogP contribution < -0.4 is 0 Å². The van der Waals surface area contributed by atoms with Crippen molar-refractivity contribution in [1.82, 2.24) is 0 Å². The van der Waals surface area contributed by atoms with Gasteiger partial charge in [-0.1, -0.05) is 48.0 Å². The normalized spacial score (nSPS) is 12.9. The SMILES string of the molecule is CC(Cc1ccccc1)S[S]. The van der Waals surface area contributed by atoms with Crippen molar-refractivity contribution in [2.24, 2.45) is 0 Å². The Morgan fingerprint density at radius 2 is 2.00 bits per heavy atom. The van der Waals surface area contributed by atoms with Crippen LogP contribution in [0, 0.1) is 0 Å². The maximum Gasteiger partial charge on any atom is 0.0172 e. The van der Waals surface area contributed by atoms with E-state index >= 15 is 0 Å². The Morgan fingerprint density at radius 1 is 1.36 bits per heavy atom. The summed E-state index contributed by atoms with van der Waals surface area (Å²) in [7, 11) is 1.50. The maximum atomic E-state index is 4.89. The average molecular weight is 183 g/mol. The topological polar surface area (TPSA) is 0 Å². The number of hydrogen-bond acceptors (Lipinski definition) is 1. The van der Waals surface area contributed by atoms with Gasteiger partial charge in [0.15, 0.2) is 0 Å². The summed E-state index contributed by atoms with van der Waals surface area (Å²) >= 11 is 4.89. The zero-order chi connectivity index (χ0) is 8.10. The van der Waals surface area contributed by atoms with E-state index in [1.807, 2.05) is 6.07 Å². The van der Waals surface area contributed by atoms with Crippen LogP contribution in [0.1, 0.15) is 12.5 Å². The molecule has 59 valence electrons. The Morgan fingerprint density at radius 3 is 2.55 bits per heavy atom. The van der Waals surface area contributed by atoms with E-state index in [0.717, 1.165) is 6.42 Å². The molecule has 0 aliphatic heterocycles. The molecular weight excluding hydrogens is 172 g/mol. The first-order valence-corrected chi connectivity index (χ1v) is 5.46. The molecule has 11 heavy (non-hydrogen) atoms. The van der Waals surface area contributed by atoms with Gasteiger partial charge in [-0.05, 0) is 23.6 Å². The molecule has 0 aromatic heterocycles. The van der Waals surface area contributed by atoms with E-state index in [-0.39, 0.29) is 0 Å². The average Bonchev–Trinajstić information content (AvgIpc) is 2.06. The second-order valence-electron chi connectivity index (χ2n) is 2.60. The van der Waals surface area contributed by atoms with Gasteiger partial charge in [0.05, 0.1) is 0 Å². The molecule has 1 radical (unpaired) electrons. The van der Waals surface area contributed by atoms with E-state index in [4.69, 9.17) is 11.7 Å². The molecule has 0 saturated carbocycles. The van der Waals surface area contributed by atoms with Crippen LogP contribution in [-0.4, -0.2) is 5.25 Å². The highest BCUT2D eigenvalue weighted by atomic mass is 33.1. The summed E-state index contributed by atoms with van der Waals surface area (Å²) in [4.78, 5) is 0. The summed E-state index contributed by atoms with van der Waals surface area (Å²) in [5.41, 5.74) is 1.37. The lowest BCUT2D eigenvalue weighted by molar-refractivity contribution is 0.949. The summed E-state index contributed by atoms with van der Waals surface area (Å²) in [6.45, 7) is 2.16. The smallest absolute Gasteiger partial charge is 0.0172 e. The first-order valence-electron chi connectivity index (χ1n) is 3.65. The minimum Gasteiger partial charge on any atom is -0.0782 e. The Bertz CT molecular complexity index is 196. The lowest BCUT2D eigenvalue weighted by Gasteiger charge is -2.05. The fourth-order valence-electron chi connectivity index (χ4n) is 0.980. The molecule has 1 atom stereocenters. The van der Waals surface area contributed by atoms with E-state index in [1.54, 1.807) is 0 Å². The van der Waals surface area contributed by atoms with E-state index in [2.05, 4.69) is 31.2 Å². The zero-order valence-electron chi connectivity index (χ0n) is 6.49. The third-order valence-corrected chi connectivity index (χ3v) is 3.01. The minimum absolute atomic E-state index is 0.549. The Labute approximate surface area is 77.2 Å². The minimum atomic E-state index is 0.549. The molecule has 0 amide bonds. The van der Waals surface area contributed by atoms with Crippen LogP contribution in [0.3, 0.4) is 0 Å². The summed E-state index contributed by atoms with van der Waals surface area (Å²) < 4.78 is 0. The van der Waals surface area contributed by atoms with Crippen molar-refractivity contribution in [3.8, 4) is 0 Å². The lowest BCUT2D eigenvalue weighted by Crippen LogP contribution is -1.98. The van der Waals surface area contributed by atoms with E-state index in [9.17, 15) is 0 Å². The van der Waals surface area contributed by atoms with Crippen molar-refractivity contribution < 1.29 is 0 Å². The molecule has 2 heteroatoms. The maximum absolute atomic E-state index is 4.89. The summed E-state index contributed by atoms with van der Waals surface area (Å²) in [5.74, 6) is 0. The van der Waals surface area contributed by atoms with Gasteiger partial charge in [0.25, 0.3) is 0 Å². The Kier molecular flexibility index (Phi) is 3.87. The highest BCUT2D eigenvalue weighted by Crippen LogP contribution is 2.18. The van der Waals surface area contributed by atoms with Crippen LogP contribution in [0.15, 0.2) is 30.3 Å². The third-order valence-electron chi connectivity index (χ3n) is 1.53. The molecule has 1 aromatic carbocycles. The largest absolute Gasteiger partial charge is 0.0782 e. The molecule has 1 rings (SSSR count). The second kappa shape index (κ2) is 4.73. The highest BCUT2D eigenvalue weighted by molar-refractivity contribution is 8.68. The van der Waals surface area contributed by atoms with Gasteiger partial charge < -0.3 is 0 Å².